The Morgan fingerprint density at radius 2 is 1.58 bits per heavy atom. The van der Waals surface area contributed by atoms with Crippen LogP contribution in [0.15, 0.2) is 60.7 Å². The number of fused-ring (bicyclic) bond motifs is 1. The molecule has 0 spiro atoms. The van der Waals surface area contributed by atoms with E-state index in [2.05, 4.69) is 5.43 Å². The summed E-state index contributed by atoms with van der Waals surface area (Å²) < 4.78 is 28.5. The van der Waals surface area contributed by atoms with Crippen LogP contribution in [0.3, 0.4) is 0 Å². The topological polar surface area (TPSA) is 78.5 Å². The van der Waals surface area contributed by atoms with Crippen molar-refractivity contribution in [2.24, 2.45) is 0 Å². The van der Waals surface area contributed by atoms with Gasteiger partial charge in [-0.3, -0.25) is 9.80 Å². The van der Waals surface area contributed by atoms with E-state index in [0.29, 0.717) is 6.61 Å². The number of esters is 1. The monoisotopic (exact) mass is 428 g/mol. The van der Waals surface area contributed by atoms with Crippen LogP contribution in [0, 0.1) is 0 Å². The summed E-state index contributed by atoms with van der Waals surface area (Å²) >= 11 is 0. The molecule has 8 nitrogen and oxygen atoms in total. The van der Waals surface area contributed by atoms with E-state index in [1.54, 1.807) is 21.3 Å². The van der Waals surface area contributed by atoms with Crippen LogP contribution in [0.4, 0.5) is 11.4 Å². The van der Waals surface area contributed by atoms with Crippen molar-refractivity contribution in [1.29, 1.82) is 0 Å². The largest absolute Gasteiger partial charge is 0.455 e. The standard InChI is InChI=1S/C23H28N2O6/c1-27-14-17(28-2)19-21(29-3)22-20(30-19)18(23(26)31-22)24-25(15-10-6-4-7-11-15)16-12-8-5-9-13-16/h4-13,17-22,24H,14H2,1-3H3/t17-,18+,19-,20-,21+,22+/m1/s1. The smallest absolute Gasteiger partial charge is 0.328 e. The van der Waals surface area contributed by atoms with Crippen LogP contribution in [-0.2, 0) is 28.5 Å². The zero-order chi connectivity index (χ0) is 21.8. The van der Waals surface area contributed by atoms with Gasteiger partial charge in [-0.25, -0.2) is 5.43 Å². The first-order chi connectivity index (χ1) is 15.2. The van der Waals surface area contributed by atoms with E-state index in [0.717, 1.165) is 11.4 Å². The summed E-state index contributed by atoms with van der Waals surface area (Å²) in [6, 6.07) is 18.8. The number of hydrogen-bond acceptors (Lipinski definition) is 8. The number of methoxy groups -OCH3 is 3. The Morgan fingerprint density at radius 1 is 0.968 bits per heavy atom. The number of para-hydroxylation sites is 2. The molecular weight excluding hydrogens is 400 g/mol. The van der Waals surface area contributed by atoms with E-state index in [1.165, 1.54) is 0 Å². The molecule has 166 valence electrons. The first kappa shape index (κ1) is 21.7. The molecule has 0 aliphatic carbocycles. The molecule has 6 atom stereocenters. The van der Waals surface area contributed by atoms with Crippen LogP contribution in [0.1, 0.15) is 0 Å². The molecule has 2 heterocycles. The number of nitrogens with zero attached hydrogens (tertiary/aromatic N) is 1. The summed E-state index contributed by atoms with van der Waals surface area (Å²) in [7, 11) is 4.78. The third-order valence-corrected chi connectivity index (χ3v) is 5.69. The lowest BCUT2D eigenvalue weighted by molar-refractivity contribution is -0.153. The van der Waals surface area contributed by atoms with E-state index in [1.807, 2.05) is 65.7 Å². The number of carbonyl (C=O) groups excluding carboxylic acids is 1. The molecule has 0 saturated carbocycles. The lowest BCUT2D eigenvalue weighted by Gasteiger charge is -2.30. The third-order valence-electron chi connectivity index (χ3n) is 5.69. The van der Waals surface area contributed by atoms with Gasteiger partial charge in [0.2, 0.25) is 0 Å². The highest BCUT2D eigenvalue weighted by Crippen LogP contribution is 2.36. The van der Waals surface area contributed by atoms with Crippen molar-refractivity contribution in [3.05, 3.63) is 60.7 Å². The molecule has 0 bridgehead atoms. The fraction of sp³-hybridized carbons (Fsp3) is 0.435. The predicted molar refractivity (Wildman–Crippen MR) is 114 cm³/mol. The first-order valence-electron chi connectivity index (χ1n) is 10.2. The van der Waals surface area contributed by atoms with Crippen molar-refractivity contribution in [3.8, 4) is 0 Å². The number of hydrogen-bond donors (Lipinski definition) is 1. The van der Waals surface area contributed by atoms with Gasteiger partial charge in [-0.1, -0.05) is 36.4 Å². The molecule has 0 amide bonds. The number of rotatable bonds is 9. The van der Waals surface area contributed by atoms with Crippen LogP contribution in [0.25, 0.3) is 0 Å². The first-order valence-corrected chi connectivity index (χ1v) is 10.2. The second kappa shape index (κ2) is 9.76. The summed E-state index contributed by atoms with van der Waals surface area (Å²) in [5.74, 6) is -0.381. The van der Waals surface area contributed by atoms with Crippen molar-refractivity contribution >= 4 is 17.3 Å². The van der Waals surface area contributed by atoms with Gasteiger partial charge in [-0.05, 0) is 24.3 Å². The maximum absolute atomic E-state index is 12.8. The third kappa shape index (κ3) is 4.30. The molecule has 2 fully saturated rings. The van der Waals surface area contributed by atoms with Crippen LogP contribution >= 0.6 is 0 Å². The highest BCUT2D eigenvalue weighted by atomic mass is 16.7. The van der Waals surface area contributed by atoms with Gasteiger partial charge in [-0.2, -0.15) is 0 Å². The maximum Gasteiger partial charge on any atom is 0.328 e. The van der Waals surface area contributed by atoms with Gasteiger partial charge in [0.05, 0.1) is 18.0 Å². The minimum absolute atomic E-state index is 0.340. The zero-order valence-electron chi connectivity index (χ0n) is 17.8. The molecule has 31 heavy (non-hydrogen) atoms. The molecule has 1 N–H and O–H groups in total. The number of hydrazine groups is 1. The molecule has 0 aromatic heterocycles. The normalized spacial score (nSPS) is 28.2. The van der Waals surface area contributed by atoms with Gasteiger partial charge in [0, 0.05) is 21.3 Å². The summed E-state index contributed by atoms with van der Waals surface area (Å²) in [6.07, 6.45) is -2.30. The molecule has 2 aliphatic heterocycles. The summed E-state index contributed by atoms with van der Waals surface area (Å²) in [5, 5.41) is 1.87. The Bertz CT molecular complexity index is 812. The quantitative estimate of drug-likeness (QED) is 0.481. The molecular formula is C23H28N2O6. The predicted octanol–water partition coefficient (Wildman–Crippen LogP) is 2.07. The number of carbonyl (C=O) groups is 1. The average molecular weight is 428 g/mol. The average Bonchev–Trinajstić information content (AvgIpc) is 3.31. The summed E-state index contributed by atoms with van der Waals surface area (Å²) in [5.41, 5.74) is 5.10. The fourth-order valence-electron chi connectivity index (χ4n) is 4.20. The van der Waals surface area contributed by atoms with Gasteiger partial charge in [0.25, 0.3) is 0 Å². The van der Waals surface area contributed by atoms with Crippen molar-refractivity contribution < 1.29 is 28.5 Å². The zero-order valence-corrected chi connectivity index (χ0v) is 17.8. The number of benzene rings is 2. The number of ether oxygens (including phenoxy) is 5. The fourth-order valence-corrected chi connectivity index (χ4v) is 4.20. The Kier molecular flexibility index (Phi) is 6.84. The van der Waals surface area contributed by atoms with E-state index in [-0.39, 0.29) is 12.1 Å². The minimum atomic E-state index is -0.715. The van der Waals surface area contributed by atoms with Crippen LogP contribution in [0.2, 0.25) is 0 Å². The van der Waals surface area contributed by atoms with Crippen LogP contribution in [0.5, 0.6) is 0 Å². The molecule has 2 aromatic carbocycles. The summed E-state index contributed by atoms with van der Waals surface area (Å²) in [6.45, 7) is 0.340. The van der Waals surface area contributed by atoms with Gasteiger partial charge in [-0.15, -0.1) is 0 Å². The molecule has 8 heteroatoms. The Labute approximate surface area is 182 Å². The lowest BCUT2D eigenvalue weighted by Crippen LogP contribution is -2.51. The van der Waals surface area contributed by atoms with E-state index in [9.17, 15) is 4.79 Å². The van der Waals surface area contributed by atoms with Crippen molar-refractivity contribution in [2.45, 2.75) is 36.6 Å². The van der Waals surface area contributed by atoms with E-state index < -0.39 is 30.5 Å². The molecule has 2 aromatic rings. The number of nitrogens with one attached hydrogen (secondary N) is 1. The molecule has 0 unspecified atom stereocenters. The highest BCUT2D eigenvalue weighted by Gasteiger charge is 2.59. The van der Waals surface area contributed by atoms with E-state index >= 15 is 0 Å². The summed E-state index contributed by atoms with van der Waals surface area (Å²) in [4.78, 5) is 12.8. The van der Waals surface area contributed by atoms with Crippen molar-refractivity contribution in [2.75, 3.05) is 32.9 Å². The van der Waals surface area contributed by atoms with Crippen LogP contribution < -0.4 is 10.4 Å². The second-order valence-corrected chi connectivity index (χ2v) is 7.51. The number of anilines is 2. The molecule has 2 aliphatic rings. The second-order valence-electron chi connectivity index (χ2n) is 7.51. The Hall–Kier alpha value is -2.49. The van der Waals surface area contributed by atoms with Crippen molar-refractivity contribution in [1.82, 2.24) is 5.43 Å². The van der Waals surface area contributed by atoms with Crippen molar-refractivity contribution in [3.63, 3.8) is 0 Å². The van der Waals surface area contributed by atoms with Gasteiger partial charge in [0.15, 0.2) is 12.1 Å². The molecule has 4 rings (SSSR count). The van der Waals surface area contributed by atoms with Crippen LogP contribution in [-0.4, -0.2) is 70.5 Å². The maximum atomic E-state index is 12.8. The minimum Gasteiger partial charge on any atom is -0.455 e. The van der Waals surface area contributed by atoms with E-state index in [4.69, 9.17) is 23.7 Å². The lowest BCUT2D eigenvalue weighted by atomic mass is 10.0. The molecule has 2 saturated heterocycles. The van der Waals surface area contributed by atoms with Gasteiger partial charge >= 0.3 is 5.97 Å². The molecule has 0 radical (unpaired) electrons. The Balaban J connectivity index is 1.60. The highest BCUT2D eigenvalue weighted by molar-refractivity contribution is 5.80. The van der Waals surface area contributed by atoms with Gasteiger partial charge < -0.3 is 23.7 Å². The Morgan fingerprint density at radius 3 is 2.10 bits per heavy atom. The SMILES string of the molecule is COC[C@@H](OC)[C@H]1O[C@H]2[C@H](OC(=O)[C@H]2NN(c2ccccc2)c2ccccc2)[C@H]1OC. The van der Waals surface area contributed by atoms with Gasteiger partial charge in [0.1, 0.15) is 24.4 Å².